The summed E-state index contributed by atoms with van der Waals surface area (Å²) in [6, 6.07) is 0. The maximum absolute atomic E-state index is 11.9. The first-order valence-electron chi connectivity index (χ1n) is 5.58. The second-order valence-electron chi connectivity index (χ2n) is 4.69. The molecule has 0 radical (unpaired) electrons. The van der Waals surface area contributed by atoms with Crippen LogP contribution in [0.15, 0.2) is 5.16 Å². The summed E-state index contributed by atoms with van der Waals surface area (Å²) in [6.07, 6.45) is 0.569. The fourth-order valence-corrected chi connectivity index (χ4v) is 1.13. The van der Waals surface area contributed by atoms with E-state index in [1.807, 2.05) is 27.7 Å². The molecule has 0 bridgehead atoms. The van der Waals surface area contributed by atoms with Crippen LogP contribution in [0.1, 0.15) is 41.0 Å². The summed E-state index contributed by atoms with van der Waals surface area (Å²) in [7, 11) is 0. The summed E-state index contributed by atoms with van der Waals surface area (Å²) in [5, 5.41) is 14.5. The third-order valence-corrected chi connectivity index (χ3v) is 3.19. The van der Waals surface area contributed by atoms with Gasteiger partial charge in [-0.05, 0) is 19.3 Å². The number of amidine groups is 1. The number of nitrogens with zero attached hydrogens (tertiary/aromatic N) is 1. The smallest absolute Gasteiger partial charge is 0.223 e. The van der Waals surface area contributed by atoms with Gasteiger partial charge in [0.05, 0.1) is 5.54 Å². The zero-order valence-corrected chi connectivity index (χ0v) is 10.7. The quantitative estimate of drug-likeness (QED) is 0.287. The molecule has 0 rings (SSSR count). The van der Waals surface area contributed by atoms with Crippen LogP contribution in [-0.2, 0) is 4.79 Å². The SMILES string of the molecule is CCC(C)(NC(=O)C(C)C(C)C)C(N)=NO. The molecule has 0 aromatic heterocycles. The molecule has 0 saturated carbocycles. The van der Waals surface area contributed by atoms with Gasteiger partial charge in [0.2, 0.25) is 5.91 Å². The van der Waals surface area contributed by atoms with Crippen LogP contribution in [0.4, 0.5) is 0 Å². The number of oxime groups is 1. The van der Waals surface area contributed by atoms with Gasteiger partial charge in [0.25, 0.3) is 0 Å². The van der Waals surface area contributed by atoms with Crippen molar-refractivity contribution in [3.63, 3.8) is 0 Å². The van der Waals surface area contributed by atoms with Gasteiger partial charge in [-0.2, -0.15) is 0 Å². The van der Waals surface area contributed by atoms with Gasteiger partial charge in [-0.1, -0.05) is 32.9 Å². The standard InChI is InChI=1S/C11H23N3O2/c1-6-11(5,10(12)14-16)13-9(15)8(4)7(2)3/h7-8,16H,6H2,1-5H3,(H2,12,14)(H,13,15). The molecule has 0 saturated heterocycles. The Morgan fingerprint density at radius 3 is 2.31 bits per heavy atom. The van der Waals surface area contributed by atoms with E-state index in [2.05, 4.69) is 10.5 Å². The average Bonchev–Trinajstić information content (AvgIpc) is 2.26. The first-order valence-corrected chi connectivity index (χ1v) is 5.58. The molecule has 0 heterocycles. The number of hydrogen-bond acceptors (Lipinski definition) is 3. The van der Waals surface area contributed by atoms with Crippen molar-refractivity contribution in [3.05, 3.63) is 0 Å². The van der Waals surface area contributed by atoms with Crippen LogP contribution in [0.3, 0.4) is 0 Å². The van der Waals surface area contributed by atoms with Gasteiger partial charge in [-0.25, -0.2) is 0 Å². The van der Waals surface area contributed by atoms with Gasteiger partial charge in [-0.3, -0.25) is 4.79 Å². The highest BCUT2D eigenvalue weighted by atomic mass is 16.4. The molecule has 5 nitrogen and oxygen atoms in total. The van der Waals surface area contributed by atoms with Crippen LogP contribution in [0, 0.1) is 11.8 Å². The van der Waals surface area contributed by atoms with Crippen molar-refractivity contribution in [1.82, 2.24) is 5.32 Å². The topological polar surface area (TPSA) is 87.7 Å². The largest absolute Gasteiger partial charge is 0.409 e. The maximum atomic E-state index is 11.9. The Morgan fingerprint density at radius 2 is 2.00 bits per heavy atom. The predicted molar refractivity (Wildman–Crippen MR) is 64.2 cm³/mol. The molecule has 0 aromatic rings. The summed E-state index contributed by atoms with van der Waals surface area (Å²) in [5.41, 5.74) is 4.79. The lowest BCUT2D eigenvalue weighted by molar-refractivity contribution is -0.126. The van der Waals surface area contributed by atoms with E-state index >= 15 is 0 Å². The highest BCUT2D eigenvalue weighted by Crippen LogP contribution is 2.14. The molecule has 0 fully saturated rings. The maximum Gasteiger partial charge on any atom is 0.223 e. The lowest BCUT2D eigenvalue weighted by Crippen LogP contribution is -2.56. The van der Waals surface area contributed by atoms with E-state index < -0.39 is 5.54 Å². The summed E-state index contributed by atoms with van der Waals surface area (Å²) in [6.45, 7) is 9.45. The summed E-state index contributed by atoms with van der Waals surface area (Å²) >= 11 is 0. The van der Waals surface area contributed by atoms with Crippen LogP contribution in [0.5, 0.6) is 0 Å². The molecular formula is C11H23N3O2. The van der Waals surface area contributed by atoms with Gasteiger partial charge in [0.15, 0.2) is 5.84 Å². The van der Waals surface area contributed by atoms with E-state index in [1.54, 1.807) is 6.92 Å². The zero-order chi connectivity index (χ0) is 12.9. The number of hydrogen-bond donors (Lipinski definition) is 3. The molecule has 4 N–H and O–H groups in total. The molecule has 0 aliphatic rings. The van der Waals surface area contributed by atoms with E-state index in [0.717, 1.165) is 0 Å². The van der Waals surface area contributed by atoms with E-state index in [4.69, 9.17) is 10.9 Å². The normalized spacial score (nSPS) is 18.0. The minimum atomic E-state index is -0.783. The van der Waals surface area contributed by atoms with E-state index in [1.165, 1.54) is 0 Å². The minimum Gasteiger partial charge on any atom is -0.409 e. The van der Waals surface area contributed by atoms with Crippen LogP contribution in [0.2, 0.25) is 0 Å². The molecule has 2 atom stereocenters. The Labute approximate surface area is 97.1 Å². The Balaban J connectivity index is 4.74. The van der Waals surface area contributed by atoms with Gasteiger partial charge in [0, 0.05) is 5.92 Å². The van der Waals surface area contributed by atoms with E-state index in [-0.39, 0.29) is 23.6 Å². The van der Waals surface area contributed by atoms with E-state index in [9.17, 15) is 4.79 Å². The number of carbonyl (C=O) groups excluding carboxylic acids is 1. The lowest BCUT2D eigenvalue weighted by Gasteiger charge is -2.30. The molecule has 2 unspecified atom stereocenters. The zero-order valence-electron chi connectivity index (χ0n) is 10.7. The Kier molecular flexibility index (Phi) is 5.27. The third kappa shape index (κ3) is 3.40. The van der Waals surface area contributed by atoms with Crippen molar-refractivity contribution in [2.75, 3.05) is 0 Å². The molecule has 0 aliphatic heterocycles. The number of amides is 1. The predicted octanol–water partition coefficient (Wildman–Crippen LogP) is 1.31. The highest BCUT2D eigenvalue weighted by molar-refractivity contribution is 5.93. The molecule has 5 heteroatoms. The lowest BCUT2D eigenvalue weighted by atomic mass is 9.92. The third-order valence-electron chi connectivity index (χ3n) is 3.19. The van der Waals surface area contributed by atoms with Gasteiger partial charge in [-0.15, -0.1) is 0 Å². The summed E-state index contributed by atoms with van der Waals surface area (Å²) in [4.78, 5) is 11.9. The summed E-state index contributed by atoms with van der Waals surface area (Å²) < 4.78 is 0. The van der Waals surface area contributed by atoms with Crippen LogP contribution < -0.4 is 11.1 Å². The van der Waals surface area contributed by atoms with Crippen LogP contribution in [-0.4, -0.2) is 22.5 Å². The number of nitrogens with one attached hydrogen (secondary N) is 1. The number of carbonyl (C=O) groups is 1. The minimum absolute atomic E-state index is 0.0271. The van der Waals surface area contributed by atoms with Crippen molar-refractivity contribution >= 4 is 11.7 Å². The fraction of sp³-hybridized carbons (Fsp3) is 0.818. The molecule has 94 valence electrons. The average molecular weight is 229 g/mol. The second-order valence-corrected chi connectivity index (χ2v) is 4.69. The first kappa shape index (κ1) is 14.7. The Morgan fingerprint density at radius 1 is 1.50 bits per heavy atom. The molecule has 0 aliphatic carbocycles. The molecular weight excluding hydrogens is 206 g/mol. The number of rotatable bonds is 5. The van der Waals surface area contributed by atoms with Gasteiger partial charge in [0.1, 0.15) is 0 Å². The van der Waals surface area contributed by atoms with Crippen molar-refractivity contribution < 1.29 is 10.0 Å². The fourth-order valence-electron chi connectivity index (χ4n) is 1.13. The molecule has 16 heavy (non-hydrogen) atoms. The van der Waals surface area contributed by atoms with Crippen molar-refractivity contribution in [1.29, 1.82) is 0 Å². The highest BCUT2D eigenvalue weighted by Gasteiger charge is 2.31. The first-order chi connectivity index (χ1) is 7.28. The Hall–Kier alpha value is -1.26. The Bertz CT molecular complexity index is 276. The van der Waals surface area contributed by atoms with Crippen molar-refractivity contribution in [2.45, 2.75) is 46.6 Å². The van der Waals surface area contributed by atoms with Gasteiger partial charge < -0.3 is 16.3 Å². The molecule has 1 amide bonds. The summed E-state index contributed by atoms with van der Waals surface area (Å²) in [5.74, 6) is 0.107. The van der Waals surface area contributed by atoms with Gasteiger partial charge >= 0.3 is 0 Å². The van der Waals surface area contributed by atoms with Crippen molar-refractivity contribution in [2.24, 2.45) is 22.7 Å². The monoisotopic (exact) mass is 229 g/mol. The van der Waals surface area contributed by atoms with Crippen LogP contribution in [0.25, 0.3) is 0 Å². The number of nitrogens with two attached hydrogens (primary N) is 1. The molecule has 0 spiro atoms. The van der Waals surface area contributed by atoms with Crippen molar-refractivity contribution in [3.8, 4) is 0 Å². The van der Waals surface area contributed by atoms with E-state index in [0.29, 0.717) is 6.42 Å². The van der Waals surface area contributed by atoms with Crippen LogP contribution >= 0.6 is 0 Å². The second kappa shape index (κ2) is 5.72. The molecule has 0 aromatic carbocycles.